The van der Waals surface area contributed by atoms with Crippen LogP contribution in [0.2, 0.25) is 0 Å². The van der Waals surface area contributed by atoms with Gasteiger partial charge in [-0.2, -0.15) is 0 Å². The van der Waals surface area contributed by atoms with Gasteiger partial charge in [-0.15, -0.1) is 0 Å². The van der Waals surface area contributed by atoms with Crippen LogP contribution in [-0.2, 0) is 13.2 Å². The maximum atomic E-state index is 5.87. The third-order valence-corrected chi connectivity index (χ3v) is 3.89. The number of rotatable bonds is 6. The topological polar surface area (TPSA) is 52.6 Å². The first-order valence-corrected chi connectivity index (χ1v) is 8.12. The first kappa shape index (κ1) is 15.3. The molecule has 1 aliphatic heterocycles. The first-order chi connectivity index (χ1) is 12.4. The van der Waals surface area contributed by atoms with Gasteiger partial charge in [0.2, 0.25) is 6.79 Å². The highest BCUT2D eigenvalue weighted by atomic mass is 16.7. The molecule has 0 saturated carbocycles. The Hall–Kier alpha value is -3.21. The number of hydrogen-bond acceptors (Lipinski definition) is 5. The van der Waals surface area contributed by atoms with Gasteiger partial charge in [0, 0.05) is 18.8 Å². The predicted molar refractivity (Wildman–Crippen MR) is 94.9 cm³/mol. The van der Waals surface area contributed by atoms with Crippen LogP contribution in [0.4, 0.5) is 5.82 Å². The van der Waals surface area contributed by atoms with Gasteiger partial charge in [-0.1, -0.05) is 36.4 Å². The van der Waals surface area contributed by atoms with E-state index < -0.39 is 0 Å². The maximum Gasteiger partial charge on any atom is 0.231 e. The lowest BCUT2D eigenvalue weighted by atomic mass is 10.2. The molecule has 0 aliphatic carbocycles. The van der Waals surface area contributed by atoms with E-state index >= 15 is 0 Å². The van der Waals surface area contributed by atoms with E-state index in [0.29, 0.717) is 6.61 Å². The Labute approximate surface area is 146 Å². The van der Waals surface area contributed by atoms with Gasteiger partial charge >= 0.3 is 0 Å². The summed E-state index contributed by atoms with van der Waals surface area (Å²) in [5.74, 6) is 3.09. The van der Waals surface area contributed by atoms with Crippen molar-refractivity contribution in [3.63, 3.8) is 0 Å². The zero-order valence-electron chi connectivity index (χ0n) is 13.6. The second kappa shape index (κ2) is 7.13. The van der Waals surface area contributed by atoms with E-state index in [1.807, 2.05) is 48.5 Å². The van der Waals surface area contributed by atoms with Gasteiger partial charge < -0.3 is 19.5 Å². The van der Waals surface area contributed by atoms with Crippen molar-refractivity contribution in [1.29, 1.82) is 0 Å². The van der Waals surface area contributed by atoms with Crippen molar-refractivity contribution in [2.75, 3.05) is 12.1 Å². The zero-order chi connectivity index (χ0) is 16.9. The van der Waals surface area contributed by atoms with E-state index in [1.165, 1.54) is 5.56 Å². The maximum absolute atomic E-state index is 5.87. The second-order valence-corrected chi connectivity index (χ2v) is 5.69. The SMILES string of the molecule is c1ccc(CNc2cc(OCc3ccc4c(c3)OCO4)ccn2)cc1. The number of pyridine rings is 1. The molecule has 0 saturated heterocycles. The van der Waals surface area contributed by atoms with Crippen LogP contribution < -0.4 is 19.5 Å². The van der Waals surface area contributed by atoms with Gasteiger partial charge in [-0.3, -0.25) is 0 Å². The lowest BCUT2D eigenvalue weighted by Gasteiger charge is -2.10. The number of nitrogens with one attached hydrogen (secondary N) is 1. The molecule has 1 aliphatic rings. The minimum Gasteiger partial charge on any atom is -0.489 e. The Morgan fingerprint density at radius 3 is 2.72 bits per heavy atom. The standard InChI is InChI=1S/C20H18N2O3/c1-2-4-15(5-3-1)12-22-20-11-17(8-9-21-20)23-13-16-6-7-18-19(10-16)25-14-24-18/h1-11H,12-14H2,(H,21,22). The number of anilines is 1. The molecule has 0 spiro atoms. The van der Waals surface area contributed by atoms with Crippen molar-refractivity contribution in [3.8, 4) is 17.2 Å². The predicted octanol–water partition coefficient (Wildman–Crippen LogP) is 4.00. The van der Waals surface area contributed by atoms with Gasteiger partial charge in [0.1, 0.15) is 18.2 Å². The first-order valence-electron chi connectivity index (χ1n) is 8.12. The van der Waals surface area contributed by atoms with Crippen LogP contribution in [-0.4, -0.2) is 11.8 Å². The minimum atomic E-state index is 0.278. The highest BCUT2D eigenvalue weighted by Crippen LogP contribution is 2.32. The molecule has 126 valence electrons. The summed E-state index contributed by atoms with van der Waals surface area (Å²) in [6.07, 6.45) is 1.74. The zero-order valence-corrected chi connectivity index (χ0v) is 13.6. The average Bonchev–Trinajstić information content (AvgIpc) is 3.14. The smallest absolute Gasteiger partial charge is 0.231 e. The molecule has 5 heteroatoms. The monoisotopic (exact) mass is 334 g/mol. The summed E-state index contributed by atoms with van der Waals surface area (Å²) in [7, 11) is 0. The van der Waals surface area contributed by atoms with Gasteiger partial charge in [-0.05, 0) is 29.3 Å². The molecule has 4 rings (SSSR count). The summed E-state index contributed by atoms with van der Waals surface area (Å²) in [6.45, 7) is 1.46. The second-order valence-electron chi connectivity index (χ2n) is 5.69. The molecule has 0 atom stereocenters. The van der Waals surface area contributed by atoms with Gasteiger partial charge in [-0.25, -0.2) is 4.98 Å². The number of benzene rings is 2. The van der Waals surface area contributed by atoms with Gasteiger partial charge in [0.25, 0.3) is 0 Å². The Morgan fingerprint density at radius 2 is 1.80 bits per heavy atom. The van der Waals surface area contributed by atoms with Gasteiger partial charge in [0.15, 0.2) is 11.5 Å². The van der Waals surface area contributed by atoms with Gasteiger partial charge in [0.05, 0.1) is 0 Å². The lowest BCUT2D eigenvalue weighted by molar-refractivity contribution is 0.174. The number of ether oxygens (including phenoxy) is 3. The van der Waals surface area contributed by atoms with Crippen LogP contribution in [0.15, 0.2) is 66.9 Å². The molecule has 25 heavy (non-hydrogen) atoms. The normalized spacial score (nSPS) is 12.0. The largest absolute Gasteiger partial charge is 0.489 e. The van der Waals surface area contributed by atoms with Crippen LogP contribution in [0.5, 0.6) is 17.2 Å². The quantitative estimate of drug-likeness (QED) is 0.738. The number of aromatic nitrogens is 1. The minimum absolute atomic E-state index is 0.278. The van der Waals surface area contributed by atoms with E-state index in [4.69, 9.17) is 14.2 Å². The molecule has 0 radical (unpaired) electrons. The summed E-state index contributed by atoms with van der Waals surface area (Å²) >= 11 is 0. The van der Waals surface area contributed by atoms with Crippen molar-refractivity contribution in [3.05, 3.63) is 78.0 Å². The Balaban J connectivity index is 1.36. The van der Waals surface area contributed by atoms with Crippen LogP contribution in [0.1, 0.15) is 11.1 Å². The third kappa shape index (κ3) is 3.83. The molecular formula is C20H18N2O3. The summed E-state index contributed by atoms with van der Waals surface area (Å²) in [5, 5.41) is 3.31. The fourth-order valence-corrected chi connectivity index (χ4v) is 2.58. The van der Waals surface area contributed by atoms with E-state index in [9.17, 15) is 0 Å². The van der Waals surface area contributed by atoms with Crippen molar-refractivity contribution in [2.45, 2.75) is 13.2 Å². The number of nitrogens with zero attached hydrogens (tertiary/aromatic N) is 1. The van der Waals surface area contributed by atoms with Crippen molar-refractivity contribution < 1.29 is 14.2 Å². The molecule has 5 nitrogen and oxygen atoms in total. The fourth-order valence-electron chi connectivity index (χ4n) is 2.58. The van der Waals surface area contributed by atoms with Crippen LogP contribution in [0.3, 0.4) is 0 Å². The molecule has 2 aromatic carbocycles. The molecular weight excluding hydrogens is 316 g/mol. The average molecular weight is 334 g/mol. The Morgan fingerprint density at radius 1 is 0.920 bits per heavy atom. The highest BCUT2D eigenvalue weighted by Gasteiger charge is 2.13. The highest BCUT2D eigenvalue weighted by molar-refractivity contribution is 5.45. The van der Waals surface area contributed by atoms with Crippen molar-refractivity contribution in [2.24, 2.45) is 0 Å². The summed E-state index contributed by atoms with van der Waals surface area (Å²) in [5.41, 5.74) is 2.23. The molecule has 1 aromatic heterocycles. The fraction of sp³-hybridized carbons (Fsp3) is 0.150. The Kier molecular flexibility index (Phi) is 4.37. The third-order valence-electron chi connectivity index (χ3n) is 3.89. The molecule has 3 aromatic rings. The van der Waals surface area contributed by atoms with E-state index in [0.717, 1.165) is 35.2 Å². The van der Waals surface area contributed by atoms with Crippen molar-refractivity contribution in [1.82, 2.24) is 4.98 Å². The van der Waals surface area contributed by atoms with Crippen LogP contribution >= 0.6 is 0 Å². The van der Waals surface area contributed by atoms with Crippen LogP contribution in [0.25, 0.3) is 0 Å². The summed E-state index contributed by atoms with van der Waals surface area (Å²) in [6, 6.07) is 19.8. The molecule has 0 amide bonds. The summed E-state index contributed by atoms with van der Waals surface area (Å²) < 4.78 is 16.6. The molecule has 2 heterocycles. The molecule has 1 N–H and O–H groups in total. The molecule has 0 bridgehead atoms. The Bertz CT molecular complexity index is 853. The van der Waals surface area contributed by atoms with Crippen LogP contribution in [0, 0.1) is 0 Å². The van der Waals surface area contributed by atoms with E-state index in [1.54, 1.807) is 6.20 Å². The number of hydrogen-bond donors (Lipinski definition) is 1. The van der Waals surface area contributed by atoms with E-state index in [2.05, 4.69) is 22.4 Å². The molecule has 0 unspecified atom stereocenters. The van der Waals surface area contributed by atoms with Crippen molar-refractivity contribution >= 4 is 5.82 Å². The molecule has 0 fully saturated rings. The van der Waals surface area contributed by atoms with E-state index in [-0.39, 0.29) is 6.79 Å². The lowest BCUT2D eigenvalue weighted by Crippen LogP contribution is -2.02. The summed E-state index contributed by atoms with van der Waals surface area (Å²) in [4.78, 5) is 4.33. The number of fused-ring (bicyclic) bond motifs is 1.